The standard InChI is InChI=1S/C38H56N12O12S2/c1-3-25(23-53)21-41-35-45-33(39-11-15-61-17-13-51)47-37(49-35)43-29-9-7-27(31(19-29)63(55,56)57)5-6-28-8-10-30(20-32(28)64(58,59)60)44-38-48-34(40-12-16-62-18-14-52)46-36(50-38)42-22-26(4-2)24-54/h5-10,19-20,25-26,51-54H,3-4,11-18,21-24H2,1-2H3,(H,55,56,57)(H,58,59,60)(H3,39,41,43,45,47,49)(H3,40,42,44,46,48,50)/b6-5+. The smallest absolute Gasteiger partial charge is 0.295 e. The topological polar surface area (TPSA) is 358 Å². The Bertz CT molecular complexity index is 2180. The zero-order valence-electron chi connectivity index (χ0n) is 35.3. The van der Waals surface area contributed by atoms with Crippen LogP contribution in [0.2, 0.25) is 0 Å². The number of rotatable bonds is 30. The summed E-state index contributed by atoms with van der Waals surface area (Å²) in [6.07, 6.45) is 3.85. The van der Waals surface area contributed by atoms with Gasteiger partial charge < -0.3 is 61.8 Å². The molecular weight excluding hydrogens is 881 g/mol. The Balaban J connectivity index is 1.61. The lowest BCUT2D eigenvalue weighted by molar-refractivity contribution is 0.0991. The van der Waals surface area contributed by atoms with Crippen molar-refractivity contribution >= 4 is 79.5 Å². The van der Waals surface area contributed by atoms with Gasteiger partial charge in [0.25, 0.3) is 20.2 Å². The molecule has 4 aromatic rings. The van der Waals surface area contributed by atoms with Gasteiger partial charge in [-0.3, -0.25) is 9.11 Å². The lowest BCUT2D eigenvalue weighted by atomic mass is 10.1. The predicted molar refractivity (Wildman–Crippen MR) is 239 cm³/mol. The van der Waals surface area contributed by atoms with Gasteiger partial charge in [-0.25, -0.2) is 0 Å². The number of nitrogens with zero attached hydrogens (tertiary/aromatic N) is 6. The van der Waals surface area contributed by atoms with Crippen molar-refractivity contribution < 1.29 is 55.8 Å². The van der Waals surface area contributed by atoms with E-state index in [1.165, 1.54) is 36.4 Å². The van der Waals surface area contributed by atoms with Gasteiger partial charge in [0.05, 0.1) is 39.6 Å². The lowest BCUT2D eigenvalue weighted by Crippen LogP contribution is -2.20. The minimum absolute atomic E-state index is 0.0165. The van der Waals surface area contributed by atoms with Gasteiger partial charge in [0, 0.05) is 50.8 Å². The maximum Gasteiger partial charge on any atom is 0.295 e. The number of anilines is 8. The number of nitrogens with one attached hydrogen (secondary N) is 6. The molecular formula is C38H56N12O12S2. The zero-order chi connectivity index (χ0) is 46.5. The van der Waals surface area contributed by atoms with Crippen LogP contribution in [0.4, 0.5) is 47.1 Å². The van der Waals surface area contributed by atoms with E-state index in [0.29, 0.717) is 25.9 Å². The summed E-state index contributed by atoms with van der Waals surface area (Å²) in [4.78, 5) is 24.9. The Kier molecular flexibility index (Phi) is 20.6. The van der Waals surface area contributed by atoms with Gasteiger partial charge in [-0.05, 0) is 60.1 Å². The van der Waals surface area contributed by atoms with E-state index in [4.69, 9.17) is 19.7 Å². The highest BCUT2D eigenvalue weighted by atomic mass is 32.2. The van der Waals surface area contributed by atoms with Crippen molar-refractivity contribution in [2.24, 2.45) is 11.8 Å². The first-order chi connectivity index (χ1) is 30.7. The Morgan fingerprint density at radius 2 is 0.906 bits per heavy atom. The van der Waals surface area contributed by atoms with E-state index in [2.05, 4.69) is 61.8 Å². The molecule has 0 aliphatic rings. The molecule has 352 valence electrons. The van der Waals surface area contributed by atoms with E-state index in [1.807, 2.05) is 13.8 Å². The SMILES string of the molecule is CCC(CO)CNc1nc(NCCOCCO)nc(Nc2ccc(/C=C/c3ccc(Nc4nc(NCCOCCO)nc(NCC(CC)CO)n4)cc3S(=O)(=O)O)c(S(=O)(=O)O)c2)n1. The van der Waals surface area contributed by atoms with E-state index < -0.39 is 30.0 Å². The van der Waals surface area contributed by atoms with Crippen LogP contribution in [0.25, 0.3) is 12.2 Å². The molecule has 0 aliphatic heterocycles. The van der Waals surface area contributed by atoms with E-state index in [-0.39, 0.29) is 136 Å². The van der Waals surface area contributed by atoms with Crippen molar-refractivity contribution in [1.82, 2.24) is 29.9 Å². The highest BCUT2D eigenvalue weighted by Crippen LogP contribution is 2.28. The molecule has 2 aromatic heterocycles. The summed E-state index contributed by atoms with van der Waals surface area (Å²) in [5.41, 5.74) is 0.179. The van der Waals surface area contributed by atoms with Crippen molar-refractivity contribution in [3.63, 3.8) is 0 Å². The first-order valence-corrected chi connectivity index (χ1v) is 23.1. The van der Waals surface area contributed by atoms with Crippen LogP contribution in [-0.4, -0.2) is 155 Å². The van der Waals surface area contributed by atoms with Crippen LogP contribution >= 0.6 is 0 Å². The van der Waals surface area contributed by atoms with Gasteiger partial charge >= 0.3 is 0 Å². The maximum atomic E-state index is 12.7. The molecule has 12 N–H and O–H groups in total. The van der Waals surface area contributed by atoms with Crippen molar-refractivity contribution in [2.45, 2.75) is 36.5 Å². The van der Waals surface area contributed by atoms with Crippen molar-refractivity contribution in [1.29, 1.82) is 0 Å². The van der Waals surface area contributed by atoms with Gasteiger partial charge in [-0.15, -0.1) is 0 Å². The van der Waals surface area contributed by atoms with Crippen LogP contribution in [0.1, 0.15) is 37.8 Å². The second kappa shape index (κ2) is 25.8. The molecule has 2 heterocycles. The molecule has 26 heteroatoms. The summed E-state index contributed by atoms with van der Waals surface area (Å²) >= 11 is 0. The van der Waals surface area contributed by atoms with Crippen molar-refractivity contribution in [3.05, 3.63) is 47.5 Å². The third-order valence-electron chi connectivity index (χ3n) is 9.11. The first-order valence-electron chi connectivity index (χ1n) is 20.2. The Morgan fingerprint density at radius 1 is 0.547 bits per heavy atom. The highest BCUT2D eigenvalue weighted by molar-refractivity contribution is 7.86. The fourth-order valence-electron chi connectivity index (χ4n) is 5.51. The molecule has 0 fully saturated rings. The first kappa shape index (κ1) is 51.2. The predicted octanol–water partition coefficient (Wildman–Crippen LogP) is 1.91. The molecule has 0 saturated carbocycles. The highest BCUT2D eigenvalue weighted by Gasteiger charge is 2.19. The summed E-state index contributed by atoms with van der Waals surface area (Å²) in [5, 5.41) is 55.0. The number of benzene rings is 2. The number of aliphatic hydroxyl groups excluding tert-OH is 4. The summed E-state index contributed by atoms with van der Waals surface area (Å²) in [7, 11) is -9.77. The Hall–Kier alpha value is -5.42. The molecule has 4 rings (SSSR count). The number of ether oxygens (including phenoxy) is 2. The van der Waals surface area contributed by atoms with Crippen LogP contribution in [0, 0.1) is 11.8 Å². The number of hydrogen-bond acceptors (Lipinski definition) is 22. The molecule has 2 unspecified atom stereocenters. The zero-order valence-corrected chi connectivity index (χ0v) is 36.9. The summed E-state index contributed by atoms with van der Waals surface area (Å²) < 4.78 is 81.7. The number of aliphatic hydroxyl groups is 4. The van der Waals surface area contributed by atoms with Gasteiger partial charge in [0.2, 0.25) is 35.7 Å². The maximum absolute atomic E-state index is 12.7. The quantitative estimate of drug-likeness (QED) is 0.0202. The minimum Gasteiger partial charge on any atom is -0.396 e. The number of aromatic nitrogens is 6. The van der Waals surface area contributed by atoms with Crippen LogP contribution in [0.5, 0.6) is 0 Å². The average Bonchev–Trinajstić information content (AvgIpc) is 3.26. The Morgan fingerprint density at radius 3 is 1.23 bits per heavy atom. The molecule has 2 atom stereocenters. The van der Waals surface area contributed by atoms with Crippen LogP contribution < -0.4 is 31.9 Å². The van der Waals surface area contributed by atoms with Gasteiger partial charge in [-0.2, -0.15) is 46.7 Å². The van der Waals surface area contributed by atoms with E-state index in [0.717, 1.165) is 12.1 Å². The third kappa shape index (κ3) is 16.9. The van der Waals surface area contributed by atoms with E-state index in [1.54, 1.807) is 0 Å². The molecule has 0 amide bonds. The third-order valence-corrected chi connectivity index (χ3v) is 10.9. The molecule has 24 nitrogen and oxygen atoms in total. The summed E-state index contributed by atoms with van der Waals surface area (Å²) in [5.74, 6) is 0.336. The average molecular weight is 937 g/mol. The van der Waals surface area contributed by atoms with Crippen LogP contribution in [-0.2, 0) is 29.7 Å². The van der Waals surface area contributed by atoms with E-state index in [9.17, 15) is 36.2 Å². The lowest BCUT2D eigenvalue weighted by Gasteiger charge is -2.15. The van der Waals surface area contributed by atoms with Crippen molar-refractivity contribution in [2.75, 3.05) is 111 Å². The van der Waals surface area contributed by atoms with Crippen molar-refractivity contribution in [3.8, 4) is 0 Å². The molecule has 64 heavy (non-hydrogen) atoms. The molecule has 0 saturated heterocycles. The van der Waals surface area contributed by atoms with Gasteiger partial charge in [0.1, 0.15) is 9.79 Å². The normalized spacial score (nSPS) is 12.8. The summed E-state index contributed by atoms with van der Waals surface area (Å²) in [6.45, 7) is 5.41. The summed E-state index contributed by atoms with van der Waals surface area (Å²) in [6, 6.07) is 7.85. The molecule has 2 aromatic carbocycles. The van der Waals surface area contributed by atoms with Crippen LogP contribution in [0.3, 0.4) is 0 Å². The van der Waals surface area contributed by atoms with Crippen LogP contribution in [0.15, 0.2) is 46.2 Å². The second-order valence-corrected chi connectivity index (χ2v) is 16.6. The van der Waals surface area contributed by atoms with E-state index >= 15 is 0 Å². The molecule has 0 spiro atoms. The number of hydrogen-bond donors (Lipinski definition) is 12. The second-order valence-electron chi connectivity index (χ2n) is 13.9. The minimum atomic E-state index is -4.88. The van der Waals surface area contributed by atoms with Gasteiger partial charge in [-0.1, -0.05) is 38.1 Å². The fraction of sp³-hybridized carbons (Fsp3) is 0.474. The molecule has 0 aliphatic carbocycles. The largest absolute Gasteiger partial charge is 0.396 e. The molecule has 0 radical (unpaired) electrons. The Labute approximate surface area is 370 Å². The monoisotopic (exact) mass is 936 g/mol. The van der Waals surface area contributed by atoms with Gasteiger partial charge in [0.15, 0.2) is 0 Å². The molecule has 0 bridgehead atoms. The fourth-order valence-corrected chi connectivity index (χ4v) is 6.93.